The van der Waals surface area contributed by atoms with Crippen LogP contribution in [0.3, 0.4) is 0 Å². The molecule has 0 atom stereocenters. The van der Waals surface area contributed by atoms with Gasteiger partial charge in [0, 0.05) is 13.2 Å². The molecule has 0 aromatic heterocycles. The molecule has 16 heavy (non-hydrogen) atoms. The molecule has 0 spiro atoms. The van der Waals surface area contributed by atoms with Crippen molar-refractivity contribution in [3.05, 3.63) is 12.3 Å². The van der Waals surface area contributed by atoms with Gasteiger partial charge < -0.3 is 10.4 Å². The molecule has 2 heteroatoms. The molecule has 0 radical (unpaired) electrons. The fourth-order valence-electron chi connectivity index (χ4n) is 1.65. The maximum Gasteiger partial charge on any atom is 0.0447 e. The van der Waals surface area contributed by atoms with Crippen molar-refractivity contribution in [1.82, 2.24) is 5.32 Å². The lowest BCUT2D eigenvalue weighted by Crippen LogP contribution is -2.07. The van der Waals surface area contributed by atoms with E-state index in [0.717, 1.165) is 13.0 Å². The van der Waals surface area contributed by atoms with Crippen LogP contribution < -0.4 is 5.32 Å². The number of aliphatic hydroxyl groups is 1. The highest BCUT2D eigenvalue weighted by atomic mass is 16.3. The highest BCUT2D eigenvalue weighted by Crippen LogP contribution is 2.08. The van der Waals surface area contributed by atoms with E-state index in [0.29, 0.717) is 0 Å². The predicted molar refractivity (Wildman–Crippen MR) is 71.5 cm³/mol. The van der Waals surface area contributed by atoms with Gasteiger partial charge in [-0.2, -0.15) is 0 Å². The van der Waals surface area contributed by atoms with Crippen molar-refractivity contribution in [1.29, 1.82) is 0 Å². The monoisotopic (exact) mass is 227 g/mol. The molecule has 0 saturated heterocycles. The first-order valence-corrected chi connectivity index (χ1v) is 6.91. The zero-order valence-electron chi connectivity index (χ0n) is 10.9. The standard InChI is InChI=1S/C14H29NO/c1-2-3-4-5-6-7-8-9-10-12-15-13-11-14-16/h10,12,15-16H,2-9,11,13-14H2,1H3. The molecule has 0 aliphatic rings. The van der Waals surface area contributed by atoms with E-state index in [9.17, 15) is 0 Å². The second-order valence-corrected chi connectivity index (χ2v) is 4.34. The summed E-state index contributed by atoms with van der Waals surface area (Å²) in [5, 5.41) is 11.7. The van der Waals surface area contributed by atoms with Crippen molar-refractivity contribution in [3.8, 4) is 0 Å². The summed E-state index contributed by atoms with van der Waals surface area (Å²) in [5.41, 5.74) is 0. The number of allylic oxidation sites excluding steroid dienone is 1. The Labute approximate surface area is 101 Å². The molecular weight excluding hydrogens is 198 g/mol. The van der Waals surface area contributed by atoms with Gasteiger partial charge in [0.05, 0.1) is 0 Å². The Hall–Kier alpha value is -0.500. The summed E-state index contributed by atoms with van der Waals surface area (Å²) in [7, 11) is 0. The molecular formula is C14H29NO. The van der Waals surface area contributed by atoms with E-state index in [1.165, 1.54) is 51.4 Å². The molecule has 0 aliphatic carbocycles. The van der Waals surface area contributed by atoms with Crippen LogP contribution in [0.15, 0.2) is 12.3 Å². The lowest BCUT2D eigenvalue weighted by molar-refractivity contribution is 0.288. The first kappa shape index (κ1) is 15.5. The fraction of sp³-hybridized carbons (Fsp3) is 0.857. The Morgan fingerprint density at radius 3 is 2.31 bits per heavy atom. The van der Waals surface area contributed by atoms with Gasteiger partial charge in [0.15, 0.2) is 0 Å². The summed E-state index contributed by atoms with van der Waals surface area (Å²) in [6.07, 6.45) is 15.9. The zero-order chi connectivity index (χ0) is 11.9. The van der Waals surface area contributed by atoms with E-state index in [1.807, 2.05) is 6.20 Å². The van der Waals surface area contributed by atoms with Crippen molar-refractivity contribution in [2.24, 2.45) is 0 Å². The maximum atomic E-state index is 8.56. The molecule has 0 rings (SSSR count). The number of unbranched alkanes of at least 4 members (excludes halogenated alkanes) is 7. The van der Waals surface area contributed by atoms with E-state index >= 15 is 0 Å². The van der Waals surface area contributed by atoms with Crippen LogP contribution in [0.1, 0.15) is 64.7 Å². The van der Waals surface area contributed by atoms with Crippen LogP contribution >= 0.6 is 0 Å². The topological polar surface area (TPSA) is 32.3 Å². The van der Waals surface area contributed by atoms with E-state index in [-0.39, 0.29) is 6.61 Å². The van der Waals surface area contributed by atoms with Gasteiger partial charge in [-0.05, 0) is 25.5 Å². The van der Waals surface area contributed by atoms with Crippen LogP contribution in [0.4, 0.5) is 0 Å². The summed E-state index contributed by atoms with van der Waals surface area (Å²) in [5.74, 6) is 0. The van der Waals surface area contributed by atoms with Gasteiger partial charge in [-0.3, -0.25) is 0 Å². The minimum Gasteiger partial charge on any atom is -0.396 e. The van der Waals surface area contributed by atoms with Crippen LogP contribution in [0.25, 0.3) is 0 Å². The molecule has 0 heterocycles. The van der Waals surface area contributed by atoms with Gasteiger partial charge in [-0.1, -0.05) is 51.5 Å². The maximum absolute atomic E-state index is 8.56. The Balaban J connectivity index is 2.97. The average Bonchev–Trinajstić information content (AvgIpc) is 2.31. The van der Waals surface area contributed by atoms with Crippen LogP contribution in [0.5, 0.6) is 0 Å². The lowest BCUT2D eigenvalue weighted by atomic mass is 10.1. The second-order valence-electron chi connectivity index (χ2n) is 4.34. The molecule has 96 valence electrons. The molecule has 0 aromatic rings. The summed E-state index contributed by atoms with van der Waals surface area (Å²) >= 11 is 0. The Morgan fingerprint density at radius 2 is 1.62 bits per heavy atom. The van der Waals surface area contributed by atoms with Crippen LogP contribution in [0, 0.1) is 0 Å². The number of nitrogens with one attached hydrogen (secondary N) is 1. The van der Waals surface area contributed by atoms with Gasteiger partial charge in [0.1, 0.15) is 0 Å². The van der Waals surface area contributed by atoms with Gasteiger partial charge in [-0.15, -0.1) is 0 Å². The normalized spacial score (nSPS) is 11.1. The van der Waals surface area contributed by atoms with Gasteiger partial charge >= 0.3 is 0 Å². The van der Waals surface area contributed by atoms with Gasteiger partial charge in [-0.25, -0.2) is 0 Å². The predicted octanol–water partition coefficient (Wildman–Crippen LogP) is 3.61. The van der Waals surface area contributed by atoms with Crippen LogP contribution in [-0.4, -0.2) is 18.3 Å². The summed E-state index contributed by atoms with van der Waals surface area (Å²) in [6.45, 7) is 3.41. The third-order valence-electron chi connectivity index (χ3n) is 2.69. The molecule has 0 bridgehead atoms. The molecule has 2 nitrogen and oxygen atoms in total. The van der Waals surface area contributed by atoms with Gasteiger partial charge in [0.25, 0.3) is 0 Å². The Morgan fingerprint density at radius 1 is 0.938 bits per heavy atom. The summed E-state index contributed by atoms with van der Waals surface area (Å²) in [6, 6.07) is 0. The van der Waals surface area contributed by atoms with E-state index < -0.39 is 0 Å². The zero-order valence-corrected chi connectivity index (χ0v) is 10.9. The quantitative estimate of drug-likeness (QED) is 0.499. The van der Waals surface area contributed by atoms with E-state index in [2.05, 4.69) is 18.3 Å². The molecule has 0 saturated carbocycles. The third kappa shape index (κ3) is 13.5. The fourth-order valence-corrected chi connectivity index (χ4v) is 1.65. The number of rotatable bonds is 12. The minimum absolute atomic E-state index is 0.276. The average molecular weight is 227 g/mol. The smallest absolute Gasteiger partial charge is 0.0447 e. The van der Waals surface area contributed by atoms with Gasteiger partial charge in [0.2, 0.25) is 0 Å². The molecule has 0 fully saturated rings. The van der Waals surface area contributed by atoms with Crippen molar-refractivity contribution in [3.63, 3.8) is 0 Å². The largest absolute Gasteiger partial charge is 0.396 e. The third-order valence-corrected chi connectivity index (χ3v) is 2.69. The Bertz CT molecular complexity index is 146. The SMILES string of the molecule is CCCCCCCCCC=CNCCCO. The molecule has 2 N–H and O–H groups in total. The molecule has 0 amide bonds. The molecule has 0 aliphatic heterocycles. The van der Waals surface area contributed by atoms with Crippen molar-refractivity contribution in [2.45, 2.75) is 64.7 Å². The first-order valence-electron chi connectivity index (χ1n) is 6.91. The van der Waals surface area contributed by atoms with Crippen LogP contribution in [-0.2, 0) is 0 Å². The van der Waals surface area contributed by atoms with Crippen molar-refractivity contribution >= 4 is 0 Å². The second kappa shape index (κ2) is 14.5. The highest BCUT2D eigenvalue weighted by molar-refractivity contribution is 4.78. The molecule has 0 unspecified atom stereocenters. The summed E-state index contributed by atoms with van der Waals surface area (Å²) < 4.78 is 0. The first-order chi connectivity index (χ1) is 7.91. The number of hydrogen-bond acceptors (Lipinski definition) is 2. The van der Waals surface area contributed by atoms with E-state index in [4.69, 9.17) is 5.11 Å². The summed E-state index contributed by atoms with van der Waals surface area (Å²) in [4.78, 5) is 0. The molecule has 0 aromatic carbocycles. The van der Waals surface area contributed by atoms with Crippen molar-refractivity contribution in [2.75, 3.05) is 13.2 Å². The highest BCUT2D eigenvalue weighted by Gasteiger charge is 1.89. The van der Waals surface area contributed by atoms with Crippen LogP contribution in [0.2, 0.25) is 0 Å². The number of hydrogen-bond donors (Lipinski definition) is 2. The Kier molecular flexibility index (Phi) is 14.0. The lowest BCUT2D eigenvalue weighted by Gasteiger charge is -1.99. The number of aliphatic hydroxyl groups excluding tert-OH is 1. The van der Waals surface area contributed by atoms with Crippen molar-refractivity contribution < 1.29 is 5.11 Å². The minimum atomic E-state index is 0.276. The van der Waals surface area contributed by atoms with E-state index in [1.54, 1.807) is 0 Å².